The Morgan fingerprint density at radius 3 is 0.625 bits per heavy atom. The molecule has 0 aliphatic carbocycles. The van der Waals surface area contributed by atoms with Crippen LogP contribution in [0, 0.1) is 24.7 Å². The molecular weight excluding hydrogens is 817 g/mol. The number of hydrogen-bond acceptors (Lipinski definition) is 12. The highest BCUT2D eigenvalue weighted by Gasteiger charge is 2.38. The summed E-state index contributed by atoms with van der Waals surface area (Å²) in [4.78, 5) is 73.3. The molecule has 0 unspecified atom stereocenters. The van der Waals surface area contributed by atoms with E-state index in [-0.39, 0.29) is 101 Å². The molecule has 0 spiro atoms. The van der Waals surface area contributed by atoms with Crippen LogP contribution in [0.2, 0.25) is 0 Å². The van der Waals surface area contributed by atoms with Crippen LogP contribution >= 0.6 is 0 Å². The van der Waals surface area contributed by atoms with Gasteiger partial charge in [-0.2, -0.15) is 0 Å². The zero-order chi connectivity index (χ0) is 48.2. The summed E-state index contributed by atoms with van der Waals surface area (Å²) in [6.45, 7) is 19.9. The average molecular weight is 911 g/mol. The standard InChI is InChI=1S/C33H60O8.C19H34O4/c1-5-9-13-17-21-29(34)38-25-33(26-39-30(35)22-18-14-10-6-2,27-40-31(36)23-19-15-11-7-3)28-41-32(37)24-20-16-12-8-4;1-5-7-9-11-13-17(20)22-15-19(3,4)16-23-18(21)14-12-10-8-6-2/h5-28H2,1-4H3;3-16H2,1-2H3. The molecule has 12 nitrogen and oxygen atoms in total. The van der Waals surface area contributed by atoms with E-state index < -0.39 is 10.8 Å². The first-order valence-electron chi connectivity index (χ1n) is 25.4. The zero-order valence-electron chi connectivity index (χ0n) is 41.8. The maximum Gasteiger partial charge on any atom is 0.305 e. The second-order valence-electron chi connectivity index (χ2n) is 17.8. The molecule has 0 saturated heterocycles. The van der Waals surface area contributed by atoms with E-state index in [0.29, 0.717) is 12.8 Å². The molecule has 0 amide bonds. The molecule has 0 atom stereocenters. The molecule has 374 valence electrons. The van der Waals surface area contributed by atoms with Crippen molar-refractivity contribution < 1.29 is 57.2 Å². The number of carbonyl (C=O) groups excluding carboxylic acids is 6. The lowest BCUT2D eigenvalue weighted by Crippen LogP contribution is -2.44. The van der Waals surface area contributed by atoms with Gasteiger partial charge in [-0.1, -0.05) is 157 Å². The number of unbranched alkanes of at least 4 members (excludes halogenated alkanes) is 18. The number of rotatable bonds is 42. The molecule has 0 heterocycles. The SMILES string of the molecule is CCCCCCC(=O)OCC(COC(=O)CCCCCC)(COC(=O)CCCCCC)COC(=O)CCCCCC.[CH2]C([CH2])(COC(=O)CCCCCC)COC(=O)CCCCCC. The van der Waals surface area contributed by atoms with Crippen molar-refractivity contribution in [3.8, 4) is 0 Å². The van der Waals surface area contributed by atoms with E-state index in [1.807, 2.05) is 0 Å². The minimum absolute atomic E-state index is 0.0721. The van der Waals surface area contributed by atoms with E-state index >= 15 is 0 Å². The molecule has 12 heteroatoms. The Morgan fingerprint density at radius 2 is 0.453 bits per heavy atom. The van der Waals surface area contributed by atoms with Crippen molar-refractivity contribution in [2.45, 2.75) is 234 Å². The molecule has 0 rings (SSSR count). The van der Waals surface area contributed by atoms with Crippen LogP contribution in [-0.4, -0.2) is 75.5 Å². The molecule has 64 heavy (non-hydrogen) atoms. The highest BCUT2D eigenvalue weighted by atomic mass is 16.6. The van der Waals surface area contributed by atoms with Crippen LogP contribution in [-0.2, 0) is 57.2 Å². The van der Waals surface area contributed by atoms with Crippen LogP contribution in [0.25, 0.3) is 0 Å². The van der Waals surface area contributed by atoms with E-state index in [2.05, 4.69) is 55.4 Å². The quantitative estimate of drug-likeness (QED) is 0.0325. The van der Waals surface area contributed by atoms with Crippen LogP contribution in [0.3, 0.4) is 0 Å². The molecule has 0 aliphatic heterocycles. The lowest BCUT2D eigenvalue weighted by molar-refractivity contribution is -0.171. The molecule has 0 aromatic heterocycles. The molecule has 0 fully saturated rings. The van der Waals surface area contributed by atoms with Crippen molar-refractivity contribution in [1.29, 1.82) is 0 Å². The Hall–Kier alpha value is -3.18. The third-order valence-corrected chi connectivity index (χ3v) is 10.6. The van der Waals surface area contributed by atoms with Crippen molar-refractivity contribution in [3.63, 3.8) is 0 Å². The first-order chi connectivity index (χ1) is 30.7. The summed E-state index contributed by atoms with van der Waals surface area (Å²) in [6.07, 6.45) is 25.4. The van der Waals surface area contributed by atoms with Crippen molar-refractivity contribution >= 4 is 35.8 Å². The second-order valence-corrected chi connectivity index (χ2v) is 17.8. The Kier molecular flexibility index (Phi) is 43.0. The fraction of sp³-hybridized carbons (Fsp3) is 0.846. The summed E-state index contributed by atoms with van der Waals surface area (Å²) in [6, 6.07) is 0. The monoisotopic (exact) mass is 911 g/mol. The van der Waals surface area contributed by atoms with E-state index in [9.17, 15) is 28.8 Å². The largest absolute Gasteiger partial charge is 0.465 e. The summed E-state index contributed by atoms with van der Waals surface area (Å²) in [5.41, 5.74) is -2.01. The highest BCUT2D eigenvalue weighted by Crippen LogP contribution is 2.24. The average Bonchev–Trinajstić information content (AvgIpc) is 3.28. The van der Waals surface area contributed by atoms with E-state index in [1.165, 1.54) is 0 Å². The summed E-state index contributed by atoms with van der Waals surface area (Å²) in [5.74, 6) is -1.94. The lowest BCUT2D eigenvalue weighted by Gasteiger charge is -2.31. The molecule has 2 radical (unpaired) electrons. The number of ether oxygens (including phenoxy) is 6. The Bertz CT molecular complexity index is 1040. The molecule has 0 aromatic carbocycles. The molecular formula is C52H94O12. The molecule has 0 aliphatic rings. The second kappa shape index (κ2) is 43.7. The first kappa shape index (κ1) is 62.9. The minimum Gasteiger partial charge on any atom is -0.465 e. The molecule has 0 N–H and O–H groups in total. The van der Waals surface area contributed by atoms with Gasteiger partial charge in [-0.15, -0.1) is 0 Å². The Labute approximate surface area is 390 Å². The smallest absolute Gasteiger partial charge is 0.305 e. The van der Waals surface area contributed by atoms with Crippen molar-refractivity contribution in [1.82, 2.24) is 0 Å². The fourth-order valence-electron chi connectivity index (χ4n) is 6.30. The summed E-state index contributed by atoms with van der Waals surface area (Å²) in [5, 5.41) is 0. The van der Waals surface area contributed by atoms with Gasteiger partial charge in [0.1, 0.15) is 45.1 Å². The topological polar surface area (TPSA) is 158 Å². The zero-order valence-corrected chi connectivity index (χ0v) is 41.8. The van der Waals surface area contributed by atoms with Crippen molar-refractivity contribution in [2.24, 2.45) is 10.8 Å². The van der Waals surface area contributed by atoms with Crippen LogP contribution < -0.4 is 0 Å². The lowest BCUT2D eigenvalue weighted by atomic mass is 9.92. The van der Waals surface area contributed by atoms with Gasteiger partial charge in [0, 0.05) is 43.9 Å². The fourth-order valence-corrected chi connectivity index (χ4v) is 6.30. The van der Waals surface area contributed by atoms with Gasteiger partial charge >= 0.3 is 35.8 Å². The van der Waals surface area contributed by atoms with Gasteiger partial charge < -0.3 is 28.4 Å². The number of hydrogen-bond donors (Lipinski definition) is 0. The van der Waals surface area contributed by atoms with E-state index in [1.54, 1.807) is 0 Å². The molecule has 0 bridgehead atoms. The van der Waals surface area contributed by atoms with Crippen LogP contribution in [0.1, 0.15) is 234 Å². The van der Waals surface area contributed by atoms with Crippen molar-refractivity contribution in [2.75, 3.05) is 39.6 Å². The van der Waals surface area contributed by atoms with Gasteiger partial charge in [0.05, 0.1) is 0 Å². The van der Waals surface area contributed by atoms with Crippen LogP contribution in [0.4, 0.5) is 0 Å². The molecule has 0 saturated carbocycles. The summed E-state index contributed by atoms with van der Waals surface area (Å²) >= 11 is 0. The van der Waals surface area contributed by atoms with Crippen molar-refractivity contribution in [3.05, 3.63) is 13.8 Å². The maximum absolute atomic E-state index is 12.5. The van der Waals surface area contributed by atoms with Gasteiger partial charge in [0.2, 0.25) is 0 Å². The van der Waals surface area contributed by atoms with Gasteiger partial charge in [-0.05, 0) is 52.4 Å². The van der Waals surface area contributed by atoms with Gasteiger partial charge in [0.25, 0.3) is 0 Å². The van der Waals surface area contributed by atoms with E-state index in [4.69, 9.17) is 28.4 Å². The minimum atomic E-state index is -1.17. The van der Waals surface area contributed by atoms with Gasteiger partial charge in [0.15, 0.2) is 0 Å². The van der Waals surface area contributed by atoms with Crippen LogP contribution in [0.5, 0.6) is 0 Å². The summed E-state index contributed by atoms with van der Waals surface area (Å²) in [7, 11) is 0. The Balaban J connectivity index is 0. The maximum atomic E-state index is 12.5. The third-order valence-electron chi connectivity index (χ3n) is 10.6. The Morgan fingerprint density at radius 1 is 0.281 bits per heavy atom. The number of esters is 6. The predicted octanol–water partition coefficient (Wildman–Crippen LogP) is 12.7. The molecule has 0 aromatic rings. The van der Waals surface area contributed by atoms with Crippen LogP contribution in [0.15, 0.2) is 0 Å². The highest BCUT2D eigenvalue weighted by molar-refractivity contribution is 5.71. The van der Waals surface area contributed by atoms with E-state index in [0.717, 1.165) is 154 Å². The summed E-state index contributed by atoms with van der Waals surface area (Å²) < 4.78 is 32.8. The third kappa shape index (κ3) is 41.5. The predicted molar refractivity (Wildman–Crippen MR) is 254 cm³/mol. The first-order valence-corrected chi connectivity index (χ1v) is 25.4. The van der Waals surface area contributed by atoms with Gasteiger partial charge in [-0.3, -0.25) is 28.8 Å². The normalized spacial score (nSPS) is 11.2. The number of carbonyl (C=O) groups is 6. The van der Waals surface area contributed by atoms with Gasteiger partial charge in [-0.25, -0.2) is 0 Å².